The lowest BCUT2D eigenvalue weighted by Crippen LogP contribution is -2.14. The second-order valence-electron chi connectivity index (χ2n) is 4.60. The molecule has 1 N–H and O–H groups in total. The van der Waals surface area contributed by atoms with Gasteiger partial charge in [-0.25, -0.2) is 0 Å². The van der Waals surface area contributed by atoms with E-state index in [1.165, 1.54) is 6.08 Å². The summed E-state index contributed by atoms with van der Waals surface area (Å²) < 4.78 is 0. The summed E-state index contributed by atoms with van der Waals surface area (Å²) >= 11 is 11.9. The van der Waals surface area contributed by atoms with E-state index in [1.807, 2.05) is 31.2 Å². The summed E-state index contributed by atoms with van der Waals surface area (Å²) in [6.45, 7) is 1.88. The molecule has 5 heteroatoms. The van der Waals surface area contributed by atoms with Gasteiger partial charge in [0.25, 0.3) is 5.91 Å². The molecule has 2 aromatic carbocycles. The Morgan fingerprint density at radius 2 is 1.95 bits per heavy atom. The average molecular weight is 331 g/mol. The van der Waals surface area contributed by atoms with Crippen LogP contribution in [-0.4, -0.2) is 5.91 Å². The van der Waals surface area contributed by atoms with Gasteiger partial charge in [0.2, 0.25) is 0 Å². The quantitative estimate of drug-likeness (QED) is 0.646. The molecule has 2 aromatic rings. The number of halogens is 2. The maximum absolute atomic E-state index is 12.2. The van der Waals surface area contributed by atoms with Crippen LogP contribution in [0.4, 0.5) is 5.69 Å². The number of benzene rings is 2. The highest BCUT2D eigenvalue weighted by Gasteiger charge is 2.11. The summed E-state index contributed by atoms with van der Waals surface area (Å²) in [6.07, 6.45) is 1.44. The van der Waals surface area contributed by atoms with Crippen LogP contribution in [0.3, 0.4) is 0 Å². The summed E-state index contributed by atoms with van der Waals surface area (Å²) in [6, 6.07) is 14.1. The van der Waals surface area contributed by atoms with E-state index in [1.54, 1.807) is 24.3 Å². The zero-order chi connectivity index (χ0) is 16.1. The normalized spacial score (nSPS) is 10.9. The molecule has 0 aliphatic heterocycles. The summed E-state index contributed by atoms with van der Waals surface area (Å²) in [5.41, 5.74) is 2.10. The molecule has 0 unspecified atom stereocenters. The SMILES string of the molecule is Cc1ccccc1NC(=O)C(C#N)=Cc1ccc(Cl)cc1Cl. The molecule has 0 radical (unpaired) electrons. The number of nitrogens with zero attached hydrogens (tertiary/aromatic N) is 1. The van der Waals surface area contributed by atoms with Crippen molar-refractivity contribution in [2.75, 3.05) is 5.32 Å². The lowest BCUT2D eigenvalue weighted by Gasteiger charge is -2.07. The Morgan fingerprint density at radius 1 is 1.23 bits per heavy atom. The van der Waals surface area contributed by atoms with Gasteiger partial charge in [0.1, 0.15) is 11.6 Å². The zero-order valence-electron chi connectivity index (χ0n) is 11.7. The Kier molecular flexibility index (Phi) is 5.21. The molecule has 0 bridgehead atoms. The zero-order valence-corrected chi connectivity index (χ0v) is 13.2. The summed E-state index contributed by atoms with van der Waals surface area (Å²) in [4.78, 5) is 12.2. The van der Waals surface area contributed by atoms with Gasteiger partial charge in [0, 0.05) is 15.7 Å². The van der Waals surface area contributed by atoms with E-state index in [0.717, 1.165) is 5.56 Å². The minimum atomic E-state index is -0.484. The Balaban J connectivity index is 2.28. The number of para-hydroxylation sites is 1. The van der Waals surface area contributed by atoms with Gasteiger partial charge in [-0.1, -0.05) is 47.5 Å². The van der Waals surface area contributed by atoms with Crippen molar-refractivity contribution in [3.8, 4) is 6.07 Å². The molecule has 0 spiro atoms. The molecule has 3 nitrogen and oxygen atoms in total. The van der Waals surface area contributed by atoms with Crippen LogP contribution >= 0.6 is 23.2 Å². The molecule has 2 rings (SSSR count). The first kappa shape index (κ1) is 16.1. The number of nitrogens with one attached hydrogen (secondary N) is 1. The van der Waals surface area contributed by atoms with Crippen LogP contribution in [0, 0.1) is 18.3 Å². The third kappa shape index (κ3) is 3.88. The van der Waals surface area contributed by atoms with Gasteiger partial charge in [-0.15, -0.1) is 0 Å². The fourth-order valence-corrected chi connectivity index (χ4v) is 2.29. The summed E-state index contributed by atoms with van der Waals surface area (Å²) in [5.74, 6) is -0.484. The lowest BCUT2D eigenvalue weighted by molar-refractivity contribution is -0.112. The van der Waals surface area contributed by atoms with Crippen LogP contribution in [0.2, 0.25) is 10.0 Å². The molecule has 0 aliphatic carbocycles. The molecule has 0 atom stereocenters. The molecule has 0 aliphatic rings. The fourth-order valence-electron chi connectivity index (χ4n) is 1.83. The molecule has 0 fully saturated rings. The van der Waals surface area contributed by atoms with Crippen molar-refractivity contribution in [2.45, 2.75) is 6.92 Å². The standard InChI is InChI=1S/C17H12Cl2N2O/c1-11-4-2-3-5-16(11)21-17(22)13(10-20)8-12-6-7-14(18)9-15(12)19/h2-9H,1H3,(H,21,22). The Hall–Kier alpha value is -2.28. The number of carbonyl (C=O) groups is 1. The van der Waals surface area contributed by atoms with E-state index in [9.17, 15) is 10.1 Å². The highest BCUT2D eigenvalue weighted by Crippen LogP contribution is 2.23. The van der Waals surface area contributed by atoms with Gasteiger partial charge in [-0.3, -0.25) is 4.79 Å². The van der Waals surface area contributed by atoms with Crippen LogP contribution in [0.25, 0.3) is 6.08 Å². The van der Waals surface area contributed by atoms with Gasteiger partial charge in [0.15, 0.2) is 0 Å². The van der Waals surface area contributed by atoms with E-state index in [2.05, 4.69) is 5.32 Å². The predicted molar refractivity (Wildman–Crippen MR) is 89.9 cm³/mol. The van der Waals surface area contributed by atoms with Crippen LogP contribution in [0.5, 0.6) is 0 Å². The number of nitriles is 1. The molecule has 110 valence electrons. The third-order valence-electron chi connectivity index (χ3n) is 3.02. The molecular weight excluding hydrogens is 319 g/mol. The molecule has 0 heterocycles. The Bertz CT molecular complexity index is 791. The first-order valence-electron chi connectivity index (χ1n) is 6.45. The van der Waals surface area contributed by atoms with E-state index in [0.29, 0.717) is 21.3 Å². The first-order chi connectivity index (χ1) is 10.5. The predicted octanol–water partition coefficient (Wildman–Crippen LogP) is 4.85. The van der Waals surface area contributed by atoms with E-state index < -0.39 is 5.91 Å². The van der Waals surface area contributed by atoms with Crippen LogP contribution in [0.15, 0.2) is 48.0 Å². The number of hydrogen-bond acceptors (Lipinski definition) is 2. The number of aryl methyl sites for hydroxylation is 1. The van der Waals surface area contributed by atoms with Crippen molar-refractivity contribution in [2.24, 2.45) is 0 Å². The monoisotopic (exact) mass is 330 g/mol. The molecule has 0 aromatic heterocycles. The van der Waals surface area contributed by atoms with Crippen LogP contribution in [0.1, 0.15) is 11.1 Å². The summed E-state index contributed by atoms with van der Waals surface area (Å²) in [7, 11) is 0. The van der Waals surface area contributed by atoms with E-state index in [-0.39, 0.29) is 5.57 Å². The Labute approximate surface area is 138 Å². The Morgan fingerprint density at radius 3 is 2.59 bits per heavy atom. The lowest BCUT2D eigenvalue weighted by atomic mass is 10.1. The second-order valence-corrected chi connectivity index (χ2v) is 5.45. The van der Waals surface area contributed by atoms with Crippen LogP contribution < -0.4 is 5.32 Å². The van der Waals surface area contributed by atoms with Crippen molar-refractivity contribution in [3.63, 3.8) is 0 Å². The smallest absolute Gasteiger partial charge is 0.266 e. The second kappa shape index (κ2) is 7.13. The van der Waals surface area contributed by atoms with Crippen LogP contribution in [-0.2, 0) is 4.79 Å². The van der Waals surface area contributed by atoms with E-state index in [4.69, 9.17) is 23.2 Å². The average Bonchev–Trinajstić information content (AvgIpc) is 2.49. The molecule has 0 saturated heterocycles. The highest BCUT2D eigenvalue weighted by molar-refractivity contribution is 6.35. The fraction of sp³-hybridized carbons (Fsp3) is 0.0588. The minimum Gasteiger partial charge on any atom is -0.321 e. The van der Waals surface area contributed by atoms with Crippen molar-refractivity contribution < 1.29 is 4.79 Å². The third-order valence-corrected chi connectivity index (χ3v) is 3.58. The maximum Gasteiger partial charge on any atom is 0.266 e. The van der Waals surface area contributed by atoms with Gasteiger partial charge >= 0.3 is 0 Å². The largest absolute Gasteiger partial charge is 0.321 e. The number of carbonyl (C=O) groups excluding carboxylic acids is 1. The summed E-state index contributed by atoms with van der Waals surface area (Å²) in [5, 5.41) is 12.8. The highest BCUT2D eigenvalue weighted by atomic mass is 35.5. The molecule has 1 amide bonds. The number of anilines is 1. The molecular formula is C17H12Cl2N2O. The van der Waals surface area contributed by atoms with Gasteiger partial charge in [-0.2, -0.15) is 5.26 Å². The van der Waals surface area contributed by atoms with Gasteiger partial charge in [0.05, 0.1) is 0 Å². The molecule has 22 heavy (non-hydrogen) atoms. The number of rotatable bonds is 3. The van der Waals surface area contributed by atoms with E-state index >= 15 is 0 Å². The maximum atomic E-state index is 12.2. The number of hydrogen-bond donors (Lipinski definition) is 1. The number of amides is 1. The molecule has 0 saturated carbocycles. The first-order valence-corrected chi connectivity index (χ1v) is 7.20. The van der Waals surface area contributed by atoms with Crippen molar-refractivity contribution in [3.05, 3.63) is 69.2 Å². The van der Waals surface area contributed by atoms with Gasteiger partial charge in [-0.05, 0) is 42.3 Å². The van der Waals surface area contributed by atoms with Crippen molar-refractivity contribution >= 4 is 40.9 Å². The van der Waals surface area contributed by atoms with Crippen molar-refractivity contribution in [1.29, 1.82) is 5.26 Å². The minimum absolute atomic E-state index is 0.0347. The topological polar surface area (TPSA) is 52.9 Å². The van der Waals surface area contributed by atoms with Gasteiger partial charge < -0.3 is 5.32 Å². The van der Waals surface area contributed by atoms with Crippen molar-refractivity contribution in [1.82, 2.24) is 0 Å².